The highest BCUT2D eigenvalue weighted by Gasteiger charge is 2.06. The summed E-state index contributed by atoms with van der Waals surface area (Å²) in [6, 6.07) is 7.36. The molecule has 0 aliphatic carbocycles. The molecule has 0 amide bonds. The number of benzene rings is 1. The van der Waals surface area contributed by atoms with Gasteiger partial charge in [-0.2, -0.15) is 0 Å². The molecule has 4 nitrogen and oxygen atoms in total. The smallest absolute Gasteiger partial charge is 0.180 e. The first-order valence-corrected chi connectivity index (χ1v) is 5.15. The van der Waals surface area contributed by atoms with Crippen molar-refractivity contribution in [2.75, 3.05) is 0 Å². The van der Waals surface area contributed by atoms with Crippen LogP contribution in [0.15, 0.2) is 41.3 Å². The van der Waals surface area contributed by atoms with Crippen LogP contribution in [0.2, 0.25) is 0 Å². The van der Waals surface area contributed by atoms with Gasteiger partial charge in [0.05, 0.1) is 12.7 Å². The molecule has 2 N–H and O–H groups in total. The van der Waals surface area contributed by atoms with Gasteiger partial charge < -0.3 is 14.8 Å². The molecule has 1 heterocycles. The number of aromatic nitrogens is 1. The average molecular weight is 218 g/mol. The lowest BCUT2D eigenvalue weighted by atomic mass is 10.1. The van der Waals surface area contributed by atoms with Crippen LogP contribution < -0.4 is 5.32 Å². The zero-order valence-electron chi connectivity index (χ0n) is 9.05. The van der Waals surface area contributed by atoms with E-state index in [0.29, 0.717) is 6.54 Å². The van der Waals surface area contributed by atoms with Crippen molar-refractivity contribution in [1.29, 1.82) is 0 Å². The van der Waals surface area contributed by atoms with Crippen LogP contribution in [-0.4, -0.2) is 10.1 Å². The van der Waals surface area contributed by atoms with E-state index in [1.165, 1.54) is 6.39 Å². The molecule has 0 radical (unpaired) electrons. The molecule has 2 rings (SSSR count). The van der Waals surface area contributed by atoms with Gasteiger partial charge in [-0.1, -0.05) is 12.1 Å². The number of hydrogen-bond donors (Lipinski definition) is 2. The lowest BCUT2D eigenvalue weighted by Gasteiger charge is -2.13. The third kappa shape index (κ3) is 2.61. The zero-order chi connectivity index (χ0) is 11.4. The Bertz CT molecular complexity index is 440. The van der Waals surface area contributed by atoms with Crippen molar-refractivity contribution < 1.29 is 9.52 Å². The van der Waals surface area contributed by atoms with Crippen molar-refractivity contribution in [2.45, 2.75) is 19.5 Å². The molecule has 0 aliphatic heterocycles. The molecule has 4 heteroatoms. The molecule has 1 atom stereocenters. The molecule has 16 heavy (non-hydrogen) atoms. The lowest BCUT2D eigenvalue weighted by Crippen LogP contribution is -2.17. The number of nitrogens with zero attached hydrogens (tertiary/aromatic N) is 1. The molecular weight excluding hydrogens is 204 g/mol. The van der Waals surface area contributed by atoms with Crippen LogP contribution in [-0.2, 0) is 6.54 Å². The van der Waals surface area contributed by atoms with Crippen molar-refractivity contribution in [2.24, 2.45) is 0 Å². The fourth-order valence-electron chi connectivity index (χ4n) is 1.50. The molecule has 2 aromatic rings. The summed E-state index contributed by atoms with van der Waals surface area (Å²) in [4.78, 5) is 3.84. The number of phenols is 1. The Balaban J connectivity index is 1.95. The minimum Gasteiger partial charge on any atom is -0.508 e. The molecule has 0 aliphatic rings. The van der Waals surface area contributed by atoms with Crippen molar-refractivity contribution in [1.82, 2.24) is 10.3 Å². The first-order chi connectivity index (χ1) is 7.75. The molecule has 0 fully saturated rings. The molecule has 1 aromatic heterocycles. The van der Waals surface area contributed by atoms with E-state index >= 15 is 0 Å². The zero-order valence-corrected chi connectivity index (χ0v) is 9.05. The quantitative estimate of drug-likeness (QED) is 0.826. The number of rotatable bonds is 4. The van der Waals surface area contributed by atoms with E-state index in [0.717, 1.165) is 11.3 Å². The molecule has 0 saturated carbocycles. The van der Waals surface area contributed by atoms with Crippen LogP contribution >= 0.6 is 0 Å². The Morgan fingerprint density at radius 2 is 2.38 bits per heavy atom. The summed E-state index contributed by atoms with van der Waals surface area (Å²) in [6.45, 7) is 2.65. The van der Waals surface area contributed by atoms with Gasteiger partial charge in [-0.25, -0.2) is 4.98 Å². The Kier molecular flexibility index (Phi) is 3.22. The van der Waals surface area contributed by atoms with E-state index in [9.17, 15) is 5.11 Å². The van der Waals surface area contributed by atoms with Crippen molar-refractivity contribution in [3.05, 3.63) is 48.2 Å². The summed E-state index contributed by atoms with van der Waals surface area (Å²) in [5, 5.41) is 12.6. The molecule has 1 aromatic carbocycles. The number of aromatic hydroxyl groups is 1. The van der Waals surface area contributed by atoms with Crippen LogP contribution in [0, 0.1) is 0 Å². The first kappa shape index (κ1) is 10.7. The van der Waals surface area contributed by atoms with Crippen molar-refractivity contribution in [3.8, 4) is 5.75 Å². The maximum Gasteiger partial charge on any atom is 0.180 e. The second-order valence-electron chi connectivity index (χ2n) is 3.67. The predicted molar refractivity (Wildman–Crippen MR) is 59.9 cm³/mol. The number of nitrogens with one attached hydrogen (secondary N) is 1. The fraction of sp³-hybridized carbons (Fsp3) is 0.250. The van der Waals surface area contributed by atoms with E-state index in [4.69, 9.17) is 4.42 Å². The highest BCUT2D eigenvalue weighted by molar-refractivity contribution is 5.29. The summed E-state index contributed by atoms with van der Waals surface area (Å²) < 4.78 is 5.12. The minimum absolute atomic E-state index is 0.150. The van der Waals surface area contributed by atoms with E-state index in [2.05, 4.69) is 10.3 Å². The Labute approximate surface area is 93.9 Å². The summed E-state index contributed by atoms with van der Waals surface area (Å²) in [5.41, 5.74) is 1.04. The van der Waals surface area contributed by atoms with E-state index in [-0.39, 0.29) is 11.8 Å². The lowest BCUT2D eigenvalue weighted by molar-refractivity contribution is 0.454. The van der Waals surface area contributed by atoms with E-state index in [1.54, 1.807) is 18.3 Å². The van der Waals surface area contributed by atoms with Crippen LogP contribution in [0.25, 0.3) is 0 Å². The Hall–Kier alpha value is -1.81. The van der Waals surface area contributed by atoms with Gasteiger partial charge in [-0.3, -0.25) is 0 Å². The molecule has 84 valence electrons. The maximum absolute atomic E-state index is 9.36. The summed E-state index contributed by atoms with van der Waals surface area (Å²) in [7, 11) is 0. The predicted octanol–water partition coefficient (Wildman–Crippen LogP) is 2.23. The average Bonchev–Trinajstić information content (AvgIpc) is 2.78. The van der Waals surface area contributed by atoms with E-state index in [1.807, 2.05) is 19.1 Å². The third-order valence-electron chi connectivity index (χ3n) is 2.44. The van der Waals surface area contributed by atoms with Crippen LogP contribution in [0.3, 0.4) is 0 Å². The van der Waals surface area contributed by atoms with Gasteiger partial charge in [0, 0.05) is 6.04 Å². The topological polar surface area (TPSA) is 58.3 Å². The highest BCUT2D eigenvalue weighted by Crippen LogP contribution is 2.18. The van der Waals surface area contributed by atoms with Gasteiger partial charge >= 0.3 is 0 Å². The van der Waals surface area contributed by atoms with Crippen LogP contribution in [0.4, 0.5) is 0 Å². The van der Waals surface area contributed by atoms with Gasteiger partial charge in [0.15, 0.2) is 6.39 Å². The molecular formula is C12H14N2O2. The summed E-state index contributed by atoms with van der Waals surface area (Å²) in [6.07, 6.45) is 3.10. The Morgan fingerprint density at radius 1 is 1.50 bits per heavy atom. The SMILES string of the molecule is CC(NCc1cnco1)c1cccc(O)c1. The number of hydrogen-bond acceptors (Lipinski definition) is 4. The molecule has 0 saturated heterocycles. The second-order valence-corrected chi connectivity index (χ2v) is 3.67. The number of oxazole rings is 1. The minimum atomic E-state index is 0.150. The summed E-state index contributed by atoms with van der Waals surface area (Å²) in [5.74, 6) is 1.08. The third-order valence-corrected chi connectivity index (χ3v) is 2.44. The van der Waals surface area contributed by atoms with Crippen LogP contribution in [0.1, 0.15) is 24.3 Å². The molecule has 0 bridgehead atoms. The van der Waals surface area contributed by atoms with Gasteiger partial charge in [-0.15, -0.1) is 0 Å². The standard InChI is InChI=1S/C12H14N2O2/c1-9(10-3-2-4-11(15)5-10)14-7-12-6-13-8-16-12/h2-6,8-9,14-15H,7H2,1H3. The highest BCUT2D eigenvalue weighted by atomic mass is 16.3. The van der Waals surface area contributed by atoms with Crippen molar-refractivity contribution in [3.63, 3.8) is 0 Å². The van der Waals surface area contributed by atoms with Gasteiger partial charge in [0.1, 0.15) is 11.5 Å². The Morgan fingerprint density at radius 3 is 3.06 bits per heavy atom. The van der Waals surface area contributed by atoms with Gasteiger partial charge in [-0.05, 0) is 24.6 Å². The van der Waals surface area contributed by atoms with Gasteiger partial charge in [0.25, 0.3) is 0 Å². The number of phenolic OH excluding ortho intramolecular Hbond substituents is 1. The normalized spacial score (nSPS) is 12.6. The molecule has 1 unspecified atom stereocenters. The largest absolute Gasteiger partial charge is 0.508 e. The van der Waals surface area contributed by atoms with Crippen molar-refractivity contribution >= 4 is 0 Å². The molecule has 0 spiro atoms. The van der Waals surface area contributed by atoms with Gasteiger partial charge in [0.2, 0.25) is 0 Å². The fourth-order valence-corrected chi connectivity index (χ4v) is 1.50. The second kappa shape index (κ2) is 4.81. The van der Waals surface area contributed by atoms with E-state index < -0.39 is 0 Å². The monoisotopic (exact) mass is 218 g/mol. The first-order valence-electron chi connectivity index (χ1n) is 5.15. The summed E-state index contributed by atoms with van der Waals surface area (Å²) >= 11 is 0. The maximum atomic E-state index is 9.36. The van der Waals surface area contributed by atoms with Crippen LogP contribution in [0.5, 0.6) is 5.75 Å².